The van der Waals surface area contributed by atoms with Crippen LogP contribution in [0.15, 0.2) is 42.5 Å². The Labute approximate surface area is 126 Å². The van der Waals surface area contributed by atoms with E-state index in [4.69, 9.17) is 4.74 Å². The van der Waals surface area contributed by atoms with Gasteiger partial charge in [-0.3, -0.25) is 0 Å². The van der Waals surface area contributed by atoms with Gasteiger partial charge >= 0.3 is 0 Å². The molecule has 5 atom stereocenters. The Balaban J connectivity index is 2.14. The highest BCUT2D eigenvalue weighted by Crippen LogP contribution is 2.39. The van der Waals surface area contributed by atoms with Crippen molar-refractivity contribution in [2.75, 3.05) is 6.61 Å². The van der Waals surface area contributed by atoms with Crippen molar-refractivity contribution in [3.63, 3.8) is 0 Å². The third kappa shape index (κ3) is 2.21. The van der Waals surface area contributed by atoms with Crippen molar-refractivity contribution in [1.29, 1.82) is 0 Å². The summed E-state index contributed by atoms with van der Waals surface area (Å²) in [6, 6.07) is 12.3. The minimum absolute atomic E-state index is 0.266. The van der Waals surface area contributed by atoms with Crippen LogP contribution < -0.4 is 0 Å². The summed E-state index contributed by atoms with van der Waals surface area (Å²) in [4.78, 5) is 0. The Kier molecular flexibility index (Phi) is 3.90. The highest BCUT2D eigenvalue weighted by Gasteiger charge is 2.54. The first-order valence-electron chi connectivity index (χ1n) is 7.02. The monoisotopic (exact) mass is 306 g/mol. The lowest BCUT2D eigenvalue weighted by molar-refractivity contribution is -0.357. The SMILES string of the molecule is OC[C@H]1O[C@](O)(c2cccc3ccccc23)[C@H](O)[C@@H](O)[C@H]1O. The van der Waals surface area contributed by atoms with Crippen molar-refractivity contribution in [3.05, 3.63) is 48.0 Å². The summed E-state index contributed by atoms with van der Waals surface area (Å²) in [5.74, 6) is -2.23. The van der Waals surface area contributed by atoms with Gasteiger partial charge in [0.1, 0.15) is 24.4 Å². The zero-order valence-corrected chi connectivity index (χ0v) is 11.7. The van der Waals surface area contributed by atoms with Crippen LogP contribution in [0.25, 0.3) is 10.8 Å². The van der Waals surface area contributed by atoms with Gasteiger partial charge in [0.25, 0.3) is 0 Å². The lowest BCUT2D eigenvalue weighted by atomic mass is 9.86. The van der Waals surface area contributed by atoms with Crippen LogP contribution in [0.2, 0.25) is 0 Å². The zero-order chi connectivity index (χ0) is 15.9. The zero-order valence-electron chi connectivity index (χ0n) is 11.7. The van der Waals surface area contributed by atoms with Crippen molar-refractivity contribution >= 4 is 10.8 Å². The number of aliphatic hydroxyl groups is 5. The van der Waals surface area contributed by atoms with E-state index in [-0.39, 0.29) is 5.56 Å². The van der Waals surface area contributed by atoms with Crippen LogP contribution in [0.4, 0.5) is 0 Å². The van der Waals surface area contributed by atoms with Gasteiger partial charge < -0.3 is 30.3 Å². The molecule has 0 amide bonds. The Morgan fingerprint density at radius 1 is 0.955 bits per heavy atom. The third-order valence-corrected chi connectivity index (χ3v) is 4.14. The first-order chi connectivity index (χ1) is 10.5. The van der Waals surface area contributed by atoms with E-state index in [2.05, 4.69) is 0 Å². The van der Waals surface area contributed by atoms with Crippen LogP contribution >= 0.6 is 0 Å². The predicted octanol–water partition coefficient (Wildman–Crippen LogP) is -0.541. The molecule has 1 aliphatic rings. The van der Waals surface area contributed by atoms with E-state index in [0.29, 0.717) is 5.39 Å². The molecular weight excluding hydrogens is 288 g/mol. The van der Waals surface area contributed by atoms with E-state index in [0.717, 1.165) is 5.39 Å². The molecule has 2 aromatic carbocycles. The van der Waals surface area contributed by atoms with E-state index >= 15 is 0 Å². The molecule has 3 rings (SSSR count). The molecule has 1 aliphatic heterocycles. The minimum Gasteiger partial charge on any atom is -0.394 e. The molecule has 5 N–H and O–H groups in total. The molecule has 118 valence electrons. The average molecular weight is 306 g/mol. The van der Waals surface area contributed by atoms with Crippen LogP contribution in [-0.4, -0.2) is 56.6 Å². The molecule has 0 saturated carbocycles. The molecule has 1 saturated heterocycles. The second-order valence-corrected chi connectivity index (χ2v) is 5.49. The van der Waals surface area contributed by atoms with Crippen LogP contribution in [0.1, 0.15) is 5.56 Å². The van der Waals surface area contributed by atoms with E-state index in [1.807, 2.05) is 18.2 Å². The summed E-state index contributed by atoms with van der Waals surface area (Å²) < 4.78 is 5.36. The van der Waals surface area contributed by atoms with Crippen molar-refractivity contribution in [1.82, 2.24) is 0 Å². The normalized spacial score (nSPS) is 35.7. The first-order valence-corrected chi connectivity index (χ1v) is 7.02. The van der Waals surface area contributed by atoms with Crippen LogP contribution in [0, 0.1) is 0 Å². The van der Waals surface area contributed by atoms with Crippen LogP contribution in [-0.2, 0) is 10.5 Å². The molecule has 2 aromatic rings. The fourth-order valence-electron chi connectivity index (χ4n) is 2.91. The van der Waals surface area contributed by atoms with E-state index in [1.165, 1.54) is 0 Å². The molecular formula is C16H18O6. The maximum Gasteiger partial charge on any atom is 0.223 e. The molecule has 6 nitrogen and oxygen atoms in total. The van der Waals surface area contributed by atoms with E-state index < -0.39 is 36.8 Å². The molecule has 0 unspecified atom stereocenters. The number of aliphatic hydroxyl groups excluding tert-OH is 4. The summed E-state index contributed by atoms with van der Waals surface area (Å²) in [6.45, 7) is -0.599. The van der Waals surface area contributed by atoms with E-state index in [9.17, 15) is 25.5 Å². The quantitative estimate of drug-likeness (QED) is 0.510. The highest BCUT2D eigenvalue weighted by molar-refractivity contribution is 5.86. The van der Waals surface area contributed by atoms with Gasteiger partial charge in [-0.15, -0.1) is 0 Å². The lowest BCUT2D eigenvalue weighted by Gasteiger charge is -2.45. The molecule has 22 heavy (non-hydrogen) atoms. The fraction of sp³-hybridized carbons (Fsp3) is 0.375. The second-order valence-electron chi connectivity index (χ2n) is 5.49. The molecule has 0 aliphatic carbocycles. The summed E-state index contributed by atoms with van der Waals surface area (Å²) in [5.41, 5.74) is 0.266. The Morgan fingerprint density at radius 2 is 1.64 bits per heavy atom. The summed E-state index contributed by atoms with van der Waals surface area (Å²) in [6.07, 6.45) is -6.09. The number of benzene rings is 2. The van der Waals surface area contributed by atoms with Gasteiger partial charge in [-0.05, 0) is 10.8 Å². The smallest absolute Gasteiger partial charge is 0.223 e. The first kappa shape index (κ1) is 15.4. The maximum absolute atomic E-state index is 10.8. The molecule has 0 spiro atoms. The fourth-order valence-corrected chi connectivity index (χ4v) is 2.91. The number of rotatable bonds is 2. The standard InChI is InChI=1S/C16H18O6/c17-8-12-13(18)14(19)15(20)16(21,22-12)11-7-3-5-9-4-1-2-6-10(9)11/h1-7,12-15,17-21H,8H2/t12-,13+,14+,15-,16-/m1/s1. The largest absolute Gasteiger partial charge is 0.394 e. The van der Waals surface area contributed by atoms with Crippen molar-refractivity contribution in [2.24, 2.45) is 0 Å². The predicted molar refractivity (Wildman–Crippen MR) is 77.8 cm³/mol. The number of hydrogen-bond donors (Lipinski definition) is 5. The molecule has 0 aromatic heterocycles. The molecule has 0 radical (unpaired) electrons. The van der Waals surface area contributed by atoms with Crippen LogP contribution in [0.5, 0.6) is 0 Å². The van der Waals surface area contributed by atoms with Crippen molar-refractivity contribution in [3.8, 4) is 0 Å². The maximum atomic E-state index is 10.8. The highest BCUT2D eigenvalue weighted by atomic mass is 16.7. The number of hydrogen-bond acceptors (Lipinski definition) is 6. The number of fused-ring (bicyclic) bond motifs is 1. The summed E-state index contributed by atoms with van der Waals surface area (Å²) >= 11 is 0. The molecule has 6 heteroatoms. The van der Waals surface area contributed by atoms with Gasteiger partial charge in [-0.2, -0.15) is 0 Å². The van der Waals surface area contributed by atoms with Gasteiger partial charge in [-0.25, -0.2) is 0 Å². The van der Waals surface area contributed by atoms with Gasteiger partial charge in [0.05, 0.1) is 6.61 Å². The molecule has 1 fully saturated rings. The van der Waals surface area contributed by atoms with Crippen molar-refractivity contribution in [2.45, 2.75) is 30.2 Å². The third-order valence-electron chi connectivity index (χ3n) is 4.14. The Hall–Kier alpha value is -1.54. The lowest BCUT2D eigenvalue weighted by Crippen LogP contribution is -2.63. The topological polar surface area (TPSA) is 110 Å². The summed E-state index contributed by atoms with van der Waals surface area (Å²) in [5, 5.41) is 51.6. The molecule has 1 heterocycles. The van der Waals surface area contributed by atoms with Gasteiger partial charge in [0.15, 0.2) is 0 Å². The Morgan fingerprint density at radius 3 is 2.36 bits per heavy atom. The summed E-state index contributed by atoms with van der Waals surface area (Å²) in [7, 11) is 0. The van der Waals surface area contributed by atoms with Gasteiger partial charge in [-0.1, -0.05) is 42.5 Å². The Bertz CT molecular complexity index is 667. The van der Waals surface area contributed by atoms with Crippen molar-refractivity contribution < 1.29 is 30.3 Å². The second kappa shape index (κ2) is 5.58. The van der Waals surface area contributed by atoms with E-state index in [1.54, 1.807) is 24.3 Å². The minimum atomic E-state index is -2.23. The van der Waals surface area contributed by atoms with Crippen LogP contribution in [0.3, 0.4) is 0 Å². The van der Waals surface area contributed by atoms with Gasteiger partial charge in [0.2, 0.25) is 5.79 Å². The van der Waals surface area contributed by atoms with Gasteiger partial charge in [0, 0.05) is 5.56 Å². The molecule has 0 bridgehead atoms. The number of ether oxygens (including phenoxy) is 1. The average Bonchev–Trinajstić information content (AvgIpc) is 2.56.